The Hall–Kier alpha value is -3.92. The number of hydrogen-bond acceptors (Lipinski definition) is 4. The molecule has 2 amide bonds. The van der Waals surface area contributed by atoms with Crippen LogP contribution in [0, 0.1) is 18.3 Å². The van der Waals surface area contributed by atoms with Crippen LogP contribution in [0.15, 0.2) is 48.5 Å². The number of hydrogen-bond donors (Lipinski definition) is 2. The molecule has 1 aliphatic rings. The first kappa shape index (κ1) is 19.4. The normalized spacial score (nSPS) is 12.5. The molecule has 0 spiro atoms. The number of fused-ring (bicyclic) bond motifs is 1. The van der Waals surface area contributed by atoms with Crippen molar-refractivity contribution in [3.05, 3.63) is 76.9 Å². The Bertz CT molecular complexity index is 1140. The minimum absolute atomic E-state index is 0.246. The van der Waals surface area contributed by atoms with Gasteiger partial charge in [-0.25, -0.2) is 4.98 Å². The highest BCUT2D eigenvalue weighted by atomic mass is 16.2. The van der Waals surface area contributed by atoms with Gasteiger partial charge in [0, 0.05) is 17.9 Å². The van der Waals surface area contributed by atoms with Gasteiger partial charge in [-0.05, 0) is 62.6 Å². The summed E-state index contributed by atoms with van der Waals surface area (Å²) in [5.74, 6) is -0.450. The molecule has 0 saturated heterocycles. The van der Waals surface area contributed by atoms with Gasteiger partial charge in [0.25, 0.3) is 11.8 Å². The van der Waals surface area contributed by atoms with Crippen molar-refractivity contribution in [1.29, 1.82) is 5.26 Å². The molecule has 2 aromatic carbocycles. The van der Waals surface area contributed by atoms with Crippen LogP contribution >= 0.6 is 0 Å². The van der Waals surface area contributed by atoms with Crippen molar-refractivity contribution in [3.8, 4) is 6.07 Å². The highest BCUT2D eigenvalue weighted by Gasteiger charge is 2.27. The van der Waals surface area contributed by atoms with E-state index < -0.39 is 0 Å². The fraction of sp³-hybridized carbons (Fsp3) is 0.217. The lowest BCUT2D eigenvalue weighted by molar-refractivity contribution is 0.101. The van der Waals surface area contributed by atoms with E-state index in [4.69, 9.17) is 5.26 Å². The number of anilines is 2. The molecule has 0 atom stereocenters. The summed E-state index contributed by atoms with van der Waals surface area (Å²) in [6.45, 7) is 2.64. The van der Waals surface area contributed by atoms with E-state index in [0.29, 0.717) is 29.9 Å². The molecule has 0 aliphatic carbocycles. The first-order chi connectivity index (χ1) is 14.5. The zero-order chi connectivity index (χ0) is 21.1. The Morgan fingerprint density at radius 2 is 1.60 bits per heavy atom. The molecule has 4 rings (SSSR count). The maximum atomic E-state index is 12.9. The van der Waals surface area contributed by atoms with Crippen molar-refractivity contribution in [2.24, 2.45) is 0 Å². The summed E-state index contributed by atoms with van der Waals surface area (Å²) in [4.78, 5) is 30.2. The molecule has 2 N–H and O–H groups in total. The van der Waals surface area contributed by atoms with Gasteiger partial charge in [-0.15, -0.1) is 0 Å². The van der Waals surface area contributed by atoms with Crippen LogP contribution in [0.4, 0.5) is 11.4 Å². The molecule has 0 radical (unpaired) electrons. The minimum atomic E-state index is -0.361. The third-order valence-corrected chi connectivity index (χ3v) is 5.12. The molecule has 0 bridgehead atoms. The zero-order valence-electron chi connectivity index (χ0n) is 16.6. The first-order valence-corrected chi connectivity index (χ1v) is 9.84. The average molecular weight is 399 g/mol. The second-order valence-electron chi connectivity index (χ2n) is 7.30. The van der Waals surface area contributed by atoms with Crippen molar-refractivity contribution in [2.75, 3.05) is 10.6 Å². The fourth-order valence-corrected chi connectivity index (χ4v) is 3.54. The molecule has 150 valence electrons. The number of aryl methyl sites for hydroxylation is 1. The second-order valence-corrected chi connectivity index (χ2v) is 7.30. The number of imidazole rings is 1. The van der Waals surface area contributed by atoms with Crippen LogP contribution in [-0.4, -0.2) is 21.4 Å². The molecule has 7 heteroatoms. The standard InChI is InChI=1S/C23H21N5O2/c1-15-5-9-17(10-6-15)26-23(30)21-27-20(19-4-2-3-13-28(19)21)22(29)25-18-11-7-16(14-24)8-12-18/h5-12H,2-4,13H2,1H3,(H,25,29)(H,26,30). The molecule has 0 fully saturated rings. The van der Waals surface area contributed by atoms with Gasteiger partial charge in [0.05, 0.1) is 17.3 Å². The number of nitrogens with zero attached hydrogens (tertiary/aromatic N) is 3. The molecule has 1 aromatic heterocycles. The number of nitrogens with one attached hydrogen (secondary N) is 2. The lowest BCUT2D eigenvalue weighted by Gasteiger charge is -2.17. The first-order valence-electron chi connectivity index (χ1n) is 9.84. The van der Waals surface area contributed by atoms with E-state index in [9.17, 15) is 9.59 Å². The fourth-order valence-electron chi connectivity index (χ4n) is 3.54. The quantitative estimate of drug-likeness (QED) is 0.695. The maximum absolute atomic E-state index is 12.9. The van der Waals surface area contributed by atoms with Crippen LogP contribution in [0.1, 0.15) is 50.8 Å². The van der Waals surface area contributed by atoms with Gasteiger partial charge in [-0.3, -0.25) is 9.59 Å². The molecule has 1 aliphatic heterocycles. The summed E-state index contributed by atoms with van der Waals surface area (Å²) < 4.78 is 1.85. The molecule has 3 aromatic rings. The summed E-state index contributed by atoms with van der Waals surface area (Å²) in [5, 5.41) is 14.6. The monoisotopic (exact) mass is 399 g/mol. The predicted molar refractivity (Wildman–Crippen MR) is 113 cm³/mol. The SMILES string of the molecule is Cc1ccc(NC(=O)c2nc(C(=O)Nc3ccc(C#N)cc3)c3n2CCCC3)cc1. The maximum Gasteiger partial charge on any atom is 0.291 e. The Labute approximate surface area is 174 Å². The Balaban J connectivity index is 1.60. The van der Waals surface area contributed by atoms with Crippen molar-refractivity contribution in [2.45, 2.75) is 32.7 Å². The lowest BCUT2D eigenvalue weighted by Crippen LogP contribution is -2.21. The van der Waals surface area contributed by atoms with E-state index in [0.717, 1.165) is 24.1 Å². The van der Waals surface area contributed by atoms with Crippen LogP contribution < -0.4 is 10.6 Å². The number of rotatable bonds is 4. The number of aromatic nitrogens is 2. The summed E-state index contributed by atoms with van der Waals surface area (Å²) in [6.07, 6.45) is 2.58. The van der Waals surface area contributed by atoms with Gasteiger partial charge in [0.2, 0.25) is 0 Å². The number of nitriles is 1. The number of carbonyl (C=O) groups is 2. The molecular weight excluding hydrogens is 378 g/mol. The molecular formula is C23H21N5O2. The van der Waals surface area contributed by atoms with Gasteiger partial charge >= 0.3 is 0 Å². The molecule has 30 heavy (non-hydrogen) atoms. The van der Waals surface area contributed by atoms with Crippen molar-refractivity contribution >= 4 is 23.2 Å². The van der Waals surface area contributed by atoms with Crippen molar-refractivity contribution in [3.63, 3.8) is 0 Å². The van der Waals surface area contributed by atoms with E-state index in [-0.39, 0.29) is 23.3 Å². The van der Waals surface area contributed by atoms with Crippen LogP contribution in [0.5, 0.6) is 0 Å². The van der Waals surface area contributed by atoms with E-state index in [2.05, 4.69) is 15.6 Å². The van der Waals surface area contributed by atoms with Gasteiger partial charge in [0.15, 0.2) is 11.5 Å². The van der Waals surface area contributed by atoms with Gasteiger partial charge < -0.3 is 15.2 Å². The number of amides is 2. The summed E-state index contributed by atoms with van der Waals surface area (Å²) in [7, 11) is 0. The zero-order valence-corrected chi connectivity index (χ0v) is 16.6. The number of benzene rings is 2. The van der Waals surface area contributed by atoms with Gasteiger partial charge in [-0.2, -0.15) is 5.26 Å². The van der Waals surface area contributed by atoms with Crippen LogP contribution in [0.2, 0.25) is 0 Å². The van der Waals surface area contributed by atoms with Crippen LogP contribution in [-0.2, 0) is 13.0 Å². The molecule has 7 nitrogen and oxygen atoms in total. The van der Waals surface area contributed by atoms with E-state index in [1.54, 1.807) is 24.3 Å². The molecule has 0 saturated carbocycles. The molecule has 2 heterocycles. The summed E-state index contributed by atoms with van der Waals surface area (Å²) in [6, 6.07) is 16.2. The third-order valence-electron chi connectivity index (χ3n) is 5.12. The van der Waals surface area contributed by atoms with Gasteiger partial charge in [0.1, 0.15) is 0 Å². The van der Waals surface area contributed by atoms with Crippen LogP contribution in [0.3, 0.4) is 0 Å². The van der Waals surface area contributed by atoms with Gasteiger partial charge in [-0.1, -0.05) is 17.7 Å². The minimum Gasteiger partial charge on any atom is -0.323 e. The van der Waals surface area contributed by atoms with E-state index in [1.165, 1.54) is 0 Å². The highest BCUT2D eigenvalue weighted by molar-refractivity contribution is 6.07. The Kier molecular flexibility index (Phi) is 5.31. The summed E-state index contributed by atoms with van der Waals surface area (Å²) in [5.41, 5.74) is 3.93. The van der Waals surface area contributed by atoms with E-state index >= 15 is 0 Å². The number of carbonyl (C=O) groups excluding carboxylic acids is 2. The summed E-state index contributed by atoms with van der Waals surface area (Å²) >= 11 is 0. The van der Waals surface area contributed by atoms with Crippen molar-refractivity contribution < 1.29 is 9.59 Å². The average Bonchev–Trinajstić information content (AvgIpc) is 3.16. The smallest absolute Gasteiger partial charge is 0.291 e. The largest absolute Gasteiger partial charge is 0.323 e. The molecule has 0 unspecified atom stereocenters. The second kappa shape index (κ2) is 8.21. The topological polar surface area (TPSA) is 99.8 Å². The highest BCUT2D eigenvalue weighted by Crippen LogP contribution is 2.23. The predicted octanol–water partition coefficient (Wildman–Crippen LogP) is 3.90. The van der Waals surface area contributed by atoms with Crippen LogP contribution in [0.25, 0.3) is 0 Å². The van der Waals surface area contributed by atoms with Crippen molar-refractivity contribution in [1.82, 2.24) is 9.55 Å². The Morgan fingerprint density at radius 1 is 0.967 bits per heavy atom. The van der Waals surface area contributed by atoms with E-state index in [1.807, 2.05) is 41.8 Å². The third kappa shape index (κ3) is 3.94. The lowest BCUT2D eigenvalue weighted by atomic mass is 10.1. The Morgan fingerprint density at radius 3 is 2.27 bits per heavy atom.